The van der Waals surface area contributed by atoms with E-state index in [1.807, 2.05) is 91.0 Å². The summed E-state index contributed by atoms with van der Waals surface area (Å²) in [6, 6.07) is 30.0. The second kappa shape index (κ2) is 13.7. The van der Waals surface area contributed by atoms with Crippen LogP contribution in [0, 0.1) is 10.7 Å². The fourth-order valence-electron chi connectivity index (χ4n) is 8.47. The zero-order chi connectivity index (χ0) is 36.7. The van der Waals surface area contributed by atoms with Gasteiger partial charge in [0.05, 0.1) is 19.3 Å². The molecule has 0 spiro atoms. The van der Waals surface area contributed by atoms with Crippen LogP contribution in [0.3, 0.4) is 0 Å². The van der Waals surface area contributed by atoms with Gasteiger partial charge in [0.25, 0.3) is 0 Å². The van der Waals surface area contributed by atoms with Crippen molar-refractivity contribution in [1.82, 2.24) is 19.0 Å². The van der Waals surface area contributed by atoms with E-state index in [1.165, 1.54) is 38.3 Å². The standard InChI is InChI=1S/C41H42N6O5S/c1-45(40(49)50)25-28-26-46-38(52-27-28)36(24-43-46)53(42,51)47(39(48)44-37-34-21-11-13-29(34)23-30-14-12-22-35(30)37)41(31-15-5-2-6-16-31,32-17-7-3-8-18-32)33-19-9-4-10-20-33/h2-10,15-20,23-24,28,42H,11-14,21-22,25-27H2,1H3,(H,44,48)(H,49,50). The first-order valence-corrected chi connectivity index (χ1v) is 19.6. The van der Waals surface area contributed by atoms with Gasteiger partial charge in [-0.3, -0.25) is 0 Å². The molecule has 1 aromatic heterocycles. The minimum atomic E-state index is -4.29. The summed E-state index contributed by atoms with van der Waals surface area (Å²) in [5.41, 5.74) is 5.86. The number of hydrogen-bond donors (Lipinski definition) is 3. The average Bonchev–Trinajstić information content (AvgIpc) is 3.95. The normalized spacial score (nSPS) is 17.1. The second-order valence-corrected chi connectivity index (χ2v) is 16.0. The summed E-state index contributed by atoms with van der Waals surface area (Å²) >= 11 is 0. The summed E-state index contributed by atoms with van der Waals surface area (Å²) in [5, 5.41) is 17.3. The van der Waals surface area contributed by atoms with Crippen LogP contribution in [0.5, 0.6) is 5.88 Å². The van der Waals surface area contributed by atoms with Crippen molar-refractivity contribution < 1.29 is 23.6 Å². The lowest BCUT2D eigenvalue weighted by molar-refractivity contribution is 0.113. The molecule has 2 heterocycles. The van der Waals surface area contributed by atoms with E-state index in [0.29, 0.717) is 16.7 Å². The highest BCUT2D eigenvalue weighted by Gasteiger charge is 2.51. The largest absolute Gasteiger partial charge is 0.476 e. The maximum absolute atomic E-state index is 15.9. The maximum atomic E-state index is 15.9. The molecule has 0 bridgehead atoms. The lowest BCUT2D eigenvalue weighted by Crippen LogP contribution is -2.55. The smallest absolute Gasteiger partial charge is 0.407 e. The summed E-state index contributed by atoms with van der Waals surface area (Å²) in [6.45, 7) is 0.624. The Kier molecular flexibility index (Phi) is 8.93. The molecule has 4 aromatic carbocycles. The quantitative estimate of drug-likeness (QED) is 0.136. The maximum Gasteiger partial charge on any atom is 0.407 e. The van der Waals surface area contributed by atoms with Crippen LogP contribution in [0.1, 0.15) is 51.8 Å². The Morgan fingerprint density at radius 3 is 1.94 bits per heavy atom. The molecule has 8 rings (SSSR count). The van der Waals surface area contributed by atoms with Crippen LogP contribution >= 0.6 is 0 Å². The molecule has 12 heteroatoms. The first-order chi connectivity index (χ1) is 25.7. The van der Waals surface area contributed by atoms with Crippen LogP contribution in [0.15, 0.2) is 108 Å². The summed E-state index contributed by atoms with van der Waals surface area (Å²) in [4.78, 5) is 28.3. The lowest BCUT2D eigenvalue weighted by atomic mass is 9.77. The Balaban J connectivity index is 1.35. The molecule has 2 unspecified atom stereocenters. The first kappa shape index (κ1) is 34.5. The monoisotopic (exact) mass is 730 g/mol. The molecule has 1 aliphatic heterocycles. The van der Waals surface area contributed by atoms with Crippen LogP contribution in [0.2, 0.25) is 0 Å². The zero-order valence-corrected chi connectivity index (χ0v) is 30.4. The van der Waals surface area contributed by atoms with Crippen LogP contribution in [0.4, 0.5) is 15.3 Å². The number of benzene rings is 4. The SMILES string of the molecule is CN(CC1COc2c(S(=N)(=O)N(C(=O)Nc3c4c(cc5c3CCC5)CCC4)C(c3ccccc3)(c3ccccc3)c3ccccc3)cnn2C1)C(=O)O. The number of amides is 3. The van der Waals surface area contributed by atoms with Crippen molar-refractivity contribution in [3.63, 3.8) is 0 Å². The highest BCUT2D eigenvalue weighted by molar-refractivity contribution is 7.90. The van der Waals surface area contributed by atoms with E-state index in [4.69, 9.17) is 4.74 Å². The Bertz CT molecular complexity index is 2150. The molecule has 2 atom stereocenters. The van der Waals surface area contributed by atoms with Gasteiger partial charge in [0.1, 0.15) is 10.4 Å². The fraction of sp³-hybridized carbons (Fsp3) is 0.293. The number of urea groups is 1. The third kappa shape index (κ3) is 5.90. The van der Waals surface area contributed by atoms with Crippen molar-refractivity contribution in [2.24, 2.45) is 5.92 Å². The minimum Gasteiger partial charge on any atom is -0.476 e. The van der Waals surface area contributed by atoms with Gasteiger partial charge >= 0.3 is 12.1 Å². The fourth-order valence-corrected chi connectivity index (χ4v) is 10.2. The van der Waals surface area contributed by atoms with Crippen molar-refractivity contribution in [3.8, 4) is 5.88 Å². The van der Waals surface area contributed by atoms with Crippen molar-refractivity contribution in [2.45, 2.75) is 55.5 Å². The number of carbonyl (C=O) groups is 2. The molecule has 53 heavy (non-hydrogen) atoms. The molecule has 5 aromatic rings. The molecule has 3 amide bonds. The number of hydrogen-bond acceptors (Lipinski definition) is 6. The van der Waals surface area contributed by atoms with E-state index in [2.05, 4.69) is 16.5 Å². The first-order valence-electron chi connectivity index (χ1n) is 18.1. The summed E-state index contributed by atoms with van der Waals surface area (Å²) in [5.74, 6) is -0.0986. The Hall–Kier alpha value is -5.62. The number of fused-ring (bicyclic) bond motifs is 3. The van der Waals surface area contributed by atoms with Gasteiger partial charge in [0, 0.05) is 25.2 Å². The van der Waals surface area contributed by atoms with Crippen molar-refractivity contribution in [1.29, 1.82) is 4.78 Å². The molecule has 0 fully saturated rings. The highest BCUT2D eigenvalue weighted by Crippen LogP contribution is 2.48. The number of nitrogens with one attached hydrogen (secondary N) is 2. The molecule has 0 saturated heterocycles. The Labute approximate surface area is 309 Å². The predicted octanol–water partition coefficient (Wildman–Crippen LogP) is 7.33. The number of nitrogens with zero attached hydrogens (tertiary/aromatic N) is 4. The third-order valence-corrected chi connectivity index (χ3v) is 12.7. The third-order valence-electron chi connectivity index (χ3n) is 10.8. The minimum absolute atomic E-state index is 0.0339. The van der Waals surface area contributed by atoms with Gasteiger partial charge in [0.15, 0.2) is 9.92 Å². The predicted molar refractivity (Wildman–Crippen MR) is 202 cm³/mol. The highest BCUT2D eigenvalue weighted by atomic mass is 32.2. The van der Waals surface area contributed by atoms with Gasteiger partial charge in [0.2, 0.25) is 5.88 Å². The number of anilines is 1. The van der Waals surface area contributed by atoms with Crippen LogP contribution in [-0.4, -0.2) is 60.6 Å². The van der Waals surface area contributed by atoms with Crippen LogP contribution < -0.4 is 10.1 Å². The van der Waals surface area contributed by atoms with Gasteiger partial charge in [-0.15, -0.1) is 0 Å². The van der Waals surface area contributed by atoms with Crippen LogP contribution in [0.25, 0.3) is 0 Å². The van der Waals surface area contributed by atoms with E-state index in [-0.39, 0.29) is 36.4 Å². The molecule has 3 N–H and O–H groups in total. The summed E-state index contributed by atoms with van der Waals surface area (Å²) < 4.78 is 35.0. The van der Waals surface area contributed by atoms with Crippen LogP contribution in [-0.2, 0) is 47.7 Å². The van der Waals surface area contributed by atoms with Gasteiger partial charge in [-0.1, -0.05) is 97.1 Å². The van der Waals surface area contributed by atoms with E-state index in [0.717, 1.165) is 55.3 Å². The number of aryl methyl sites for hydroxylation is 2. The summed E-state index contributed by atoms with van der Waals surface area (Å²) in [6.07, 6.45) is 5.83. The van der Waals surface area contributed by atoms with Crippen molar-refractivity contribution in [3.05, 3.63) is 142 Å². The molecule has 2 aliphatic carbocycles. The Morgan fingerprint density at radius 2 is 1.43 bits per heavy atom. The number of carbonyl (C=O) groups excluding carboxylic acids is 1. The molecule has 3 aliphatic rings. The van der Waals surface area contributed by atoms with Gasteiger partial charge in [-0.05, 0) is 77.5 Å². The molecule has 0 radical (unpaired) electrons. The molecular formula is C41H42N6O5S. The Morgan fingerprint density at radius 1 is 0.906 bits per heavy atom. The lowest BCUT2D eigenvalue weighted by Gasteiger charge is -2.45. The van der Waals surface area contributed by atoms with Crippen molar-refractivity contribution >= 4 is 27.7 Å². The van der Waals surface area contributed by atoms with Gasteiger partial charge in [-0.2, -0.15) is 5.10 Å². The molecular weight excluding hydrogens is 689 g/mol. The molecule has 11 nitrogen and oxygen atoms in total. The van der Waals surface area contributed by atoms with E-state index in [1.54, 1.807) is 0 Å². The number of carboxylic acid groups (broad SMARTS) is 1. The van der Waals surface area contributed by atoms with Crippen molar-refractivity contribution in [2.75, 3.05) is 25.5 Å². The van der Waals surface area contributed by atoms with Gasteiger partial charge < -0.3 is 20.1 Å². The molecule has 272 valence electrons. The zero-order valence-electron chi connectivity index (χ0n) is 29.5. The number of rotatable bonds is 9. The van der Waals surface area contributed by atoms with Gasteiger partial charge in [-0.25, -0.2) is 27.6 Å². The van der Waals surface area contributed by atoms with E-state index >= 15 is 9.00 Å². The molecule has 0 saturated carbocycles. The number of ether oxygens (including phenoxy) is 1. The van der Waals surface area contributed by atoms with E-state index in [9.17, 15) is 14.7 Å². The second-order valence-electron chi connectivity index (χ2n) is 14.1. The summed E-state index contributed by atoms with van der Waals surface area (Å²) in [7, 11) is -2.80. The topological polar surface area (TPSA) is 141 Å². The number of aromatic nitrogens is 2. The van der Waals surface area contributed by atoms with E-state index < -0.39 is 27.6 Å². The average molecular weight is 731 g/mol.